The van der Waals surface area contributed by atoms with Gasteiger partial charge in [-0.1, -0.05) is 0 Å². The van der Waals surface area contributed by atoms with Crippen LogP contribution in [0.3, 0.4) is 0 Å². The summed E-state index contributed by atoms with van der Waals surface area (Å²) in [7, 11) is 5.79. The highest BCUT2D eigenvalue weighted by molar-refractivity contribution is 8.03. The third-order valence-electron chi connectivity index (χ3n) is 3.37. The Hall–Kier alpha value is -0.890. The number of thioether (sulfide) groups is 1. The molecular formula is C14H17IN2O2S. The summed E-state index contributed by atoms with van der Waals surface area (Å²) in [5.74, 6) is 2.84. The van der Waals surface area contributed by atoms with E-state index in [0.717, 1.165) is 35.0 Å². The Morgan fingerprint density at radius 1 is 1.45 bits per heavy atom. The second-order valence-corrected chi connectivity index (χ2v) is 5.70. The minimum Gasteiger partial charge on any atom is -1.00 e. The number of methoxy groups -OCH3 is 1. The number of halogens is 1. The first-order chi connectivity index (χ1) is 9.19. The first-order valence-electron chi connectivity index (χ1n) is 6.21. The van der Waals surface area contributed by atoms with Crippen LogP contribution in [0.4, 0.5) is 0 Å². The lowest BCUT2D eigenvalue weighted by Crippen LogP contribution is -3.00. The largest absolute Gasteiger partial charge is 1.00 e. The SMILES string of the molecule is COc1ccc2oc(/C=C3\SCCN3C)[n+](C)c2c1.[I-]. The van der Waals surface area contributed by atoms with Gasteiger partial charge in [-0.2, -0.15) is 4.57 Å². The second-order valence-electron chi connectivity index (χ2n) is 4.59. The molecule has 0 saturated carbocycles. The summed E-state index contributed by atoms with van der Waals surface area (Å²) in [6.07, 6.45) is 2.10. The molecule has 0 N–H and O–H groups in total. The molecule has 20 heavy (non-hydrogen) atoms. The fourth-order valence-electron chi connectivity index (χ4n) is 2.16. The van der Waals surface area contributed by atoms with Crippen LogP contribution < -0.4 is 33.3 Å². The molecule has 1 aromatic carbocycles. The van der Waals surface area contributed by atoms with Crippen molar-refractivity contribution in [2.24, 2.45) is 7.05 Å². The van der Waals surface area contributed by atoms with Crippen molar-refractivity contribution in [3.05, 3.63) is 29.1 Å². The van der Waals surface area contributed by atoms with E-state index in [1.54, 1.807) is 7.11 Å². The third-order valence-corrected chi connectivity index (χ3v) is 4.48. The molecule has 0 radical (unpaired) electrons. The maximum absolute atomic E-state index is 5.90. The maximum atomic E-state index is 5.90. The average molecular weight is 404 g/mol. The molecule has 0 amide bonds. The Labute approximate surface area is 139 Å². The van der Waals surface area contributed by atoms with Gasteiger partial charge in [0.25, 0.3) is 5.52 Å². The molecular weight excluding hydrogens is 387 g/mol. The quantitative estimate of drug-likeness (QED) is 0.487. The van der Waals surface area contributed by atoms with Crippen LogP contribution in [-0.4, -0.2) is 31.4 Å². The van der Waals surface area contributed by atoms with Gasteiger partial charge in [0.2, 0.25) is 5.58 Å². The normalized spacial score (nSPS) is 16.8. The molecule has 3 rings (SSSR count). The molecule has 1 fully saturated rings. The highest BCUT2D eigenvalue weighted by Crippen LogP contribution is 2.28. The van der Waals surface area contributed by atoms with Gasteiger partial charge in [0, 0.05) is 19.3 Å². The van der Waals surface area contributed by atoms with Gasteiger partial charge >= 0.3 is 5.89 Å². The van der Waals surface area contributed by atoms with Crippen LogP contribution in [0, 0.1) is 0 Å². The highest BCUT2D eigenvalue weighted by Gasteiger charge is 2.21. The molecule has 1 aliphatic heterocycles. The lowest BCUT2D eigenvalue weighted by atomic mass is 10.3. The van der Waals surface area contributed by atoms with Gasteiger partial charge in [0.05, 0.1) is 24.3 Å². The molecule has 0 unspecified atom stereocenters. The fourth-order valence-corrected chi connectivity index (χ4v) is 3.23. The minimum atomic E-state index is 0. The number of aromatic nitrogens is 1. The monoisotopic (exact) mass is 404 g/mol. The lowest BCUT2D eigenvalue weighted by molar-refractivity contribution is -0.652. The van der Waals surface area contributed by atoms with Gasteiger partial charge in [0.15, 0.2) is 0 Å². The summed E-state index contributed by atoms with van der Waals surface area (Å²) in [5, 5.41) is 1.25. The standard InChI is InChI=1S/C14H17N2O2S.HI/c1-15-6-7-19-14(15)9-13-16(2)11-8-10(17-3)4-5-12(11)18-13;/h4-5,8-9H,6-7H2,1-3H3;1H/q+1;/p-1. The van der Waals surface area contributed by atoms with Gasteiger partial charge in [0.1, 0.15) is 12.8 Å². The third kappa shape index (κ3) is 2.76. The summed E-state index contributed by atoms with van der Waals surface area (Å²) in [6, 6.07) is 5.85. The summed E-state index contributed by atoms with van der Waals surface area (Å²) in [6.45, 7) is 1.09. The molecule has 0 atom stereocenters. The van der Waals surface area contributed by atoms with Gasteiger partial charge in [-0.25, -0.2) is 0 Å². The Kier molecular flexibility index (Phi) is 4.85. The molecule has 1 aliphatic rings. The van der Waals surface area contributed by atoms with Gasteiger partial charge in [-0.3, -0.25) is 0 Å². The zero-order chi connectivity index (χ0) is 13.4. The van der Waals surface area contributed by atoms with Gasteiger partial charge in [-0.15, -0.1) is 11.8 Å². The van der Waals surface area contributed by atoms with E-state index in [9.17, 15) is 0 Å². The second kappa shape index (κ2) is 6.26. The molecule has 6 heteroatoms. The number of fused-ring (bicyclic) bond motifs is 1. The van der Waals surface area contributed by atoms with E-state index in [2.05, 4.69) is 22.6 Å². The van der Waals surface area contributed by atoms with Crippen LogP contribution in [0.1, 0.15) is 5.89 Å². The van der Waals surface area contributed by atoms with Crippen molar-refractivity contribution in [3.8, 4) is 5.75 Å². The smallest absolute Gasteiger partial charge is 0.376 e. The molecule has 0 spiro atoms. The highest BCUT2D eigenvalue weighted by atomic mass is 127. The Bertz CT molecular complexity index is 654. The molecule has 1 aromatic heterocycles. The number of ether oxygens (including phenoxy) is 1. The van der Waals surface area contributed by atoms with Crippen molar-refractivity contribution in [3.63, 3.8) is 0 Å². The van der Waals surface area contributed by atoms with Crippen molar-refractivity contribution >= 4 is 28.9 Å². The Balaban J connectivity index is 0.00000147. The predicted molar refractivity (Wildman–Crippen MR) is 77.0 cm³/mol. The summed E-state index contributed by atoms with van der Waals surface area (Å²) in [5.41, 5.74) is 1.91. The van der Waals surface area contributed by atoms with Gasteiger partial charge in [-0.05, 0) is 12.1 Å². The fraction of sp³-hybridized carbons (Fsp3) is 0.357. The number of hydrogen-bond acceptors (Lipinski definition) is 4. The van der Waals surface area contributed by atoms with Crippen molar-refractivity contribution < 1.29 is 37.7 Å². The summed E-state index contributed by atoms with van der Waals surface area (Å²) in [4.78, 5) is 2.25. The number of hydrogen-bond donors (Lipinski definition) is 0. The molecule has 4 nitrogen and oxygen atoms in total. The van der Waals surface area contributed by atoms with Crippen molar-refractivity contribution in [1.82, 2.24) is 4.90 Å². The first kappa shape index (κ1) is 15.5. The average Bonchev–Trinajstić information content (AvgIpc) is 2.95. The van der Waals surface area contributed by atoms with Crippen LogP contribution in [-0.2, 0) is 7.05 Å². The van der Waals surface area contributed by atoms with Crippen LogP contribution in [0.5, 0.6) is 5.75 Å². The van der Waals surface area contributed by atoms with E-state index in [0.29, 0.717) is 0 Å². The predicted octanol–water partition coefficient (Wildman–Crippen LogP) is -0.753. The first-order valence-corrected chi connectivity index (χ1v) is 7.20. The number of benzene rings is 1. The summed E-state index contributed by atoms with van der Waals surface area (Å²) < 4.78 is 13.2. The van der Waals surface area contributed by atoms with E-state index in [1.165, 1.54) is 5.03 Å². The topological polar surface area (TPSA) is 29.5 Å². The molecule has 2 heterocycles. The van der Waals surface area contributed by atoms with E-state index in [1.807, 2.05) is 37.0 Å². The maximum Gasteiger partial charge on any atom is 0.376 e. The van der Waals surface area contributed by atoms with Crippen LogP contribution >= 0.6 is 11.8 Å². The van der Waals surface area contributed by atoms with E-state index in [4.69, 9.17) is 9.15 Å². The number of rotatable bonds is 2. The Morgan fingerprint density at radius 3 is 2.90 bits per heavy atom. The van der Waals surface area contributed by atoms with E-state index in [-0.39, 0.29) is 24.0 Å². The zero-order valence-corrected chi connectivity index (χ0v) is 14.7. The molecule has 0 bridgehead atoms. The molecule has 108 valence electrons. The molecule has 2 aromatic rings. The summed E-state index contributed by atoms with van der Waals surface area (Å²) >= 11 is 1.86. The van der Waals surface area contributed by atoms with Crippen molar-refractivity contribution in [2.45, 2.75) is 0 Å². The lowest BCUT2D eigenvalue weighted by Gasteiger charge is -2.08. The van der Waals surface area contributed by atoms with Crippen molar-refractivity contribution in [1.29, 1.82) is 0 Å². The molecule has 1 saturated heterocycles. The van der Waals surface area contributed by atoms with E-state index < -0.39 is 0 Å². The number of oxazole rings is 1. The Morgan fingerprint density at radius 2 is 2.25 bits per heavy atom. The molecule has 0 aliphatic carbocycles. The minimum absolute atomic E-state index is 0. The van der Waals surface area contributed by atoms with Crippen LogP contribution in [0.25, 0.3) is 17.2 Å². The van der Waals surface area contributed by atoms with Crippen LogP contribution in [0.2, 0.25) is 0 Å². The zero-order valence-electron chi connectivity index (χ0n) is 11.7. The van der Waals surface area contributed by atoms with Crippen LogP contribution in [0.15, 0.2) is 27.6 Å². The number of aryl methyl sites for hydroxylation is 1. The van der Waals surface area contributed by atoms with Gasteiger partial charge < -0.3 is 38.0 Å². The van der Waals surface area contributed by atoms with E-state index >= 15 is 0 Å². The van der Waals surface area contributed by atoms with Crippen molar-refractivity contribution in [2.75, 3.05) is 26.5 Å². The number of nitrogens with zero attached hydrogens (tertiary/aromatic N) is 2.